The first-order chi connectivity index (χ1) is 12.0. The van der Waals surface area contributed by atoms with Gasteiger partial charge in [-0.25, -0.2) is 0 Å². The molecule has 2 heterocycles. The van der Waals surface area contributed by atoms with Crippen molar-refractivity contribution in [3.63, 3.8) is 0 Å². The van der Waals surface area contributed by atoms with Crippen LogP contribution in [0.2, 0.25) is 0 Å². The summed E-state index contributed by atoms with van der Waals surface area (Å²) in [5.74, 6) is 0.0917. The number of nitrogens with one attached hydrogen (secondary N) is 1. The lowest BCUT2D eigenvalue weighted by atomic mass is 10.2. The molecule has 25 heavy (non-hydrogen) atoms. The normalized spacial score (nSPS) is 15.2. The Bertz CT molecular complexity index is 746. The lowest BCUT2D eigenvalue weighted by Gasteiger charge is -2.34. The number of nitrogens with zero attached hydrogens (tertiary/aromatic N) is 2. The van der Waals surface area contributed by atoms with E-state index in [1.54, 1.807) is 0 Å². The predicted molar refractivity (Wildman–Crippen MR) is 101 cm³/mol. The third-order valence-electron chi connectivity index (χ3n) is 4.42. The van der Waals surface area contributed by atoms with E-state index in [9.17, 15) is 9.59 Å². The van der Waals surface area contributed by atoms with Gasteiger partial charge in [-0.3, -0.25) is 14.5 Å². The number of carbonyl (C=O) groups excluding carboxylic acids is 2. The molecule has 0 saturated carbocycles. The second kappa shape index (κ2) is 7.80. The molecule has 1 aromatic heterocycles. The van der Waals surface area contributed by atoms with Gasteiger partial charge in [0.05, 0.1) is 11.4 Å². The molecule has 1 saturated heterocycles. The van der Waals surface area contributed by atoms with E-state index in [4.69, 9.17) is 0 Å². The molecule has 1 aromatic carbocycles. The number of anilines is 1. The quantitative estimate of drug-likeness (QED) is 0.915. The van der Waals surface area contributed by atoms with Gasteiger partial charge in [0, 0.05) is 31.9 Å². The van der Waals surface area contributed by atoms with Gasteiger partial charge in [0.15, 0.2) is 0 Å². The summed E-state index contributed by atoms with van der Waals surface area (Å²) in [4.78, 5) is 29.5. The van der Waals surface area contributed by atoms with E-state index in [0.717, 1.165) is 29.2 Å². The summed E-state index contributed by atoms with van der Waals surface area (Å²) in [6.45, 7) is 7.10. The molecule has 0 atom stereocenters. The predicted octanol–water partition coefficient (Wildman–Crippen LogP) is 2.76. The number of benzene rings is 1. The second-order valence-electron chi connectivity index (χ2n) is 6.42. The Morgan fingerprint density at radius 3 is 2.32 bits per heavy atom. The van der Waals surface area contributed by atoms with E-state index in [2.05, 4.69) is 10.2 Å². The smallest absolute Gasteiger partial charge is 0.264 e. The molecule has 6 heteroatoms. The van der Waals surface area contributed by atoms with Crippen LogP contribution in [0.5, 0.6) is 0 Å². The maximum absolute atomic E-state index is 12.5. The maximum Gasteiger partial charge on any atom is 0.264 e. The van der Waals surface area contributed by atoms with Gasteiger partial charge in [0.25, 0.3) is 5.91 Å². The molecule has 1 aliphatic heterocycles. The van der Waals surface area contributed by atoms with Gasteiger partial charge >= 0.3 is 0 Å². The highest BCUT2D eigenvalue weighted by Gasteiger charge is 2.24. The van der Waals surface area contributed by atoms with Gasteiger partial charge in [-0.2, -0.15) is 0 Å². The van der Waals surface area contributed by atoms with Crippen molar-refractivity contribution in [2.24, 2.45) is 0 Å². The zero-order chi connectivity index (χ0) is 17.8. The van der Waals surface area contributed by atoms with Crippen molar-refractivity contribution < 1.29 is 9.59 Å². The van der Waals surface area contributed by atoms with E-state index >= 15 is 0 Å². The summed E-state index contributed by atoms with van der Waals surface area (Å²) in [5.41, 5.74) is 3.02. The number of amides is 2. The van der Waals surface area contributed by atoms with Crippen molar-refractivity contribution in [3.8, 4) is 0 Å². The van der Waals surface area contributed by atoms with E-state index < -0.39 is 0 Å². The fraction of sp³-hybridized carbons (Fsp3) is 0.368. The summed E-state index contributed by atoms with van der Waals surface area (Å²) in [5, 5.41) is 4.87. The molecular weight excluding hydrogens is 334 g/mol. The van der Waals surface area contributed by atoms with Crippen LogP contribution in [0.4, 0.5) is 5.69 Å². The molecule has 1 fully saturated rings. The standard InChI is InChI=1S/C19H23N3O2S/c1-14-3-5-16(6-4-14)20-17(23)13-21-8-10-22(11-9-21)19(24)18-15(2)7-12-25-18/h3-7,12H,8-11,13H2,1-2H3,(H,20,23). The largest absolute Gasteiger partial charge is 0.335 e. The van der Waals surface area contributed by atoms with E-state index in [1.165, 1.54) is 16.9 Å². The van der Waals surface area contributed by atoms with Crippen molar-refractivity contribution in [2.45, 2.75) is 13.8 Å². The number of piperazine rings is 1. The van der Waals surface area contributed by atoms with Crippen molar-refractivity contribution in [1.82, 2.24) is 9.80 Å². The third-order valence-corrected chi connectivity index (χ3v) is 5.42. The van der Waals surface area contributed by atoms with Gasteiger partial charge in [0.1, 0.15) is 0 Å². The molecule has 0 bridgehead atoms. The Morgan fingerprint density at radius 1 is 1.04 bits per heavy atom. The van der Waals surface area contributed by atoms with E-state index in [-0.39, 0.29) is 11.8 Å². The van der Waals surface area contributed by atoms with Gasteiger partial charge < -0.3 is 10.2 Å². The fourth-order valence-corrected chi connectivity index (χ4v) is 3.78. The number of aryl methyl sites for hydroxylation is 2. The van der Waals surface area contributed by atoms with Crippen LogP contribution < -0.4 is 5.32 Å². The van der Waals surface area contributed by atoms with E-state index in [1.807, 2.05) is 54.5 Å². The molecular formula is C19H23N3O2S. The van der Waals surface area contributed by atoms with Crippen LogP contribution in [-0.2, 0) is 4.79 Å². The molecule has 0 aliphatic carbocycles. The maximum atomic E-state index is 12.5. The molecule has 1 aliphatic rings. The number of rotatable bonds is 4. The van der Waals surface area contributed by atoms with Gasteiger partial charge in [0.2, 0.25) is 5.91 Å². The van der Waals surface area contributed by atoms with Crippen LogP contribution in [0.3, 0.4) is 0 Å². The van der Waals surface area contributed by atoms with Crippen molar-refractivity contribution >= 4 is 28.8 Å². The number of carbonyl (C=O) groups is 2. The van der Waals surface area contributed by atoms with Crippen LogP contribution in [0.15, 0.2) is 35.7 Å². The minimum atomic E-state index is -0.0160. The summed E-state index contributed by atoms with van der Waals surface area (Å²) in [7, 11) is 0. The Kier molecular flexibility index (Phi) is 5.50. The first-order valence-corrected chi connectivity index (χ1v) is 9.33. The first-order valence-electron chi connectivity index (χ1n) is 8.45. The lowest BCUT2D eigenvalue weighted by molar-refractivity contribution is -0.117. The number of hydrogen-bond acceptors (Lipinski definition) is 4. The second-order valence-corrected chi connectivity index (χ2v) is 7.33. The zero-order valence-electron chi connectivity index (χ0n) is 14.6. The van der Waals surface area contributed by atoms with Crippen LogP contribution in [0.25, 0.3) is 0 Å². The Morgan fingerprint density at radius 2 is 1.72 bits per heavy atom. The molecule has 2 aromatic rings. The van der Waals surface area contributed by atoms with Gasteiger partial charge in [-0.1, -0.05) is 17.7 Å². The lowest BCUT2D eigenvalue weighted by Crippen LogP contribution is -2.50. The van der Waals surface area contributed by atoms with Crippen LogP contribution in [-0.4, -0.2) is 54.3 Å². The topological polar surface area (TPSA) is 52.7 Å². The summed E-state index contributed by atoms with van der Waals surface area (Å²) in [6.07, 6.45) is 0. The molecule has 132 valence electrons. The fourth-order valence-electron chi connectivity index (χ4n) is 2.89. The number of hydrogen-bond donors (Lipinski definition) is 1. The van der Waals surface area contributed by atoms with Crippen LogP contribution >= 0.6 is 11.3 Å². The van der Waals surface area contributed by atoms with Crippen molar-refractivity contribution in [2.75, 3.05) is 38.0 Å². The molecule has 1 N–H and O–H groups in total. The molecule has 5 nitrogen and oxygen atoms in total. The minimum absolute atomic E-state index is 0.0160. The average Bonchev–Trinajstić information content (AvgIpc) is 3.03. The van der Waals surface area contributed by atoms with Gasteiger partial charge in [-0.15, -0.1) is 11.3 Å². The minimum Gasteiger partial charge on any atom is -0.335 e. The Balaban J connectivity index is 1.47. The molecule has 0 spiro atoms. The highest BCUT2D eigenvalue weighted by atomic mass is 32.1. The Hall–Kier alpha value is -2.18. The summed E-state index contributed by atoms with van der Waals surface area (Å²) >= 11 is 1.50. The van der Waals surface area contributed by atoms with Crippen molar-refractivity contribution in [1.29, 1.82) is 0 Å². The molecule has 2 amide bonds. The Labute approximate surface area is 152 Å². The SMILES string of the molecule is Cc1ccc(NC(=O)CN2CCN(C(=O)c3sccc3C)CC2)cc1. The van der Waals surface area contributed by atoms with Crippen LogP contribution in [0, 0.1) is 13.8 Å². The summed E-state index contributed by atoms with van der Waals surface area (Å²) < 4.78 is 0. The molecule has 3 rings (SSSR count). The van der Waals surface area contributed by atoms with Gasteiger partial charge in [-0.05, 0) is 43.0 Å². The molecule has 0 radical (unpaired) electrons. The number of thiophene rings is 1. The zero-order valence-corrected chi connectivity index (χ0v) is 15.4. The average molecular weight is 357 g/mol. The summed E-state index contributed by atoms with van der Waals surface area (Å²) in [6, 6.07) is 9.75. The van der Waals surface area contributed by atoms with Crippen molar-refractivity contribution in [3.05, 3.63) is 51.7 Å². The highest BCUT2D eigenvalue weighted by molar-refractivity contribution is 7.12. The highest BCUT2D eigenvalue weighted by Crippen LogP contribution is 2.19. The molecule has 0 unspecified atom stereocenters. The van der Waals surface area contributed by atoms with E-state index in [0.29, 0.717) is 19.6 Å². The monoisotopic (exact) mass is 357 g/mol. The first kappa shape index (κ1) is 17.6. The third kappa shape index (κ3) is 4.46. The van der Waals surface area contributed by atoms with Crippen LogP contribution in [0.1, 0.15) is 20.8 Å².